The van der Waals surface area contributed by atoms with E-state index < -0.39 is 0 Å². The van der Waals surface area contributed by atoms with Crippen LogP contribution in [0.5, 0.6) is 0 Å². The Morgan fingerprint density at radius 1 is 1.33 bits per heavy atom. The van der Waals surface area contributed by atoms with Crippen LogP contribution in [0.2, 0.25) is 0 Å². The molecule has 1 amide bonds. The Bertz CT molecular complexity index is 769. The number of anilines is 1. The van der Waals surface area contributed by atoms with Gasteiger partial charge in [0.1, 0.15) is 10.6 Å². The zero-order valence-corrected chi connectivity index (χ0v) is 15.7. The Labute approximate surface area is 145 Å². The first-order chi connectivity index (χ1) is 11.1. The maximum absolute atomic E-state index is 12.5. The van der Waals surface area contributed by atoms with E-state index >= 15 is 0 Å². The Hall–Kier alpha value is -2.15. The molecule has 2 aromatic rings. The van der Waals surface area contributed by atoms with E-state index in [1.54, 1.807) is 30.8 Å². The summed E-state index contributed by atoms with van der Waals surface area (Å²) in [6.45, 7) is 10.0. The van der Waals surface area contributed by atoms with Crippen LogP contribution < -0.4 is 5.32 Å². The minimum atomic E-state index is -0.365. The lowest BCUT2D eigenvalue weighted by Gasteiger charge is -2.13. The van der Waals surface area contributed by atoms with Crippen LogP contribution in [-0.4, -0.2) is 28.3 Å². The zero-order valence-electron chi connectivity index (χ0n) is 14.9. The van der Waals surface area contributed by atoms with Crippen LogP contribution in [0.25, 0.3) is 0 Å². The van der Waals surface area contributed by atoms with Gasteiger partial charge in [0, 0.05) is 12.5 Å². The molecular formula is C17H23N3O3S. The molecule has 7 heteroatoms. The number of nitrogens with zero attached hydrogens (tertiary/aromatic N) is 2. The van der Waals surface area contributed by atoms with Crippen LogP contribution in [-0.2, 0) is 17.2 Å². The number of hydrogen-bond donors (Lipinski definition) is 1. The molecule has 2 heterocycles. The zero-order chi connectivity index (χ0) is 18.1. The van der Waals surface area contributed by atoms with Gasteiger partial charge in [-0.1, -0.05) is 20.8 Å². The number of thiophene rings is 1. The van der Waals surface area contributed by atoms with Crippen LogP contribution >= 0.6 is 11.3 Å². The first-order valence-corrected chi connectivity index (χ1v) is 8.58. The van der Waals surface area contributed by atoms with Crippen LogP contribution in [0.1, 0.15) is 59.1 Å². The lowest BCUT2D eigenvalue weighted by molar-refractivity contribution is 0.0531. The fourth-order valence-electron chi connectivity index (χ4n) is 2.17. The summed E-state index contributed by atoms with van der Waals surface area (Å²) in [7, 11) is 1.74. The molecule has 2 rings (SSSR count). The molecule has 0 unspecified atom stereocenters. The lowest BCUT2D eigenvalue weighted by atomic mass is 9.92. The Balaban J connectivity index is 2.20. The van der Waals surface area contributed by atoms with Gasteiger partial charge in [-0.2, -0.15) is 5.10 Å². The minimum absolute atomic E-state index is 0.132. The summed E-state index contributed by atoms with van der Waals surface area (Å²) in [6.07, 6.45) is 0. The second-order valence-corrected chi connectivity index (χ2v) is 7.64. The topological polar surface area (TPSA) is 73.2 Å². The van der Waals surface area contributed by atoms with Crippen molar-refractivity contribution in [3.05, 3.63) is 34.0 Å². The summed E-state index contributed by atoms with van der Waals surface area (Å²) in [5, 5.41) is 7.85. The normalized spacial score (nSPS) is 11.4. The third-order valence-corrected chi connectivity index (χ3v) is 4.63. The third-order valence-electron chi connectivity index (χ3n) is 3.50. The first kappa shape index (κ1) is 18.2. The summed E-state index contributed by atoms with van der Waals surface area (Å²) in [6, 6.07) is 3.57. The highest BCUT2D eigenvalue weighted by atomic mass is 32.1. The number of nitrogens with one attached hydrogen (secondary N) is 1. The number of hydrogen-bond acceptors (Lipinski definition) is 5. The molecule has 130 valence electrons. The predicted octanol–water partition coefficient (Wildman–Crippen LogP) is 3.52. The molecule has 2 aromatic heterocycles. The molecule has 0 atom stereocenters. The second-order valence-electron chi connectivity index (χ2n) is 6.59. The molecule has 6 nitrogen and oxygen atoms in total. The molecular weight excluding hydrogens is 326 g/mol. The second kappa shape index (κ2) is 6.76. The van der Waals surface area contributed by atoms with Gasteiger partial charge in [0.05, 0.1) is 17.3 Å². The number of aryl methyl sites for hydroxylation is 2. The van der Waals surface area contributed by atoms with Gasteiger partial charge in [-0.05, 0) is 31.5 Å². The molecule has 0 aromatic carbocycles. The highest BCUT2D eigenvalue weighted by Gasteiger charge is 2.22. The maximum Gasteiger partial charge on any atom is 0.348 e. The maximum atomic E-state index is 12.5. The van der Waals surface area contributed by atoms with E-state index in [9.17, 15) is 9.59 Å². The van der Waals surface area contributed by atoms with Gasteiger partial charge < -0.3 is 10.1 Å². The third kappa shape index (κ3) is 3.84. The molecule has 0 spiro atoms. The molecule has 0 aliphatic carbocycles. The summed E-state index contributed by atoms with van der Waals surface area (Å²) >= 11 is 1.21. The number of rotatable bonds is 4. The fraction of sp³-hybridized carbons (Fsp3) is 0.471. The molecule has 0 bridgehead atoms. The van der Waals surface area contributed by atoms with E-state index in [0.29, 0.717) is 22.2 Å². The standard InChI is InChI=1S/C17H23N3O3S/c1-7-23-16(22)14-10(2)8-13(24-14)18-15(21)11-9-12(17(3,4)5)19-20(11)6/h8-9H,7H2,1-6H3,(H,18,21). The van der Waals surface area contributed by atoms with Crippen LogP contribution in [0.3, 0.4) is 0 Å². The average Bonchev–Trinajstić information content (AvgIpc) is 3.02. The van der Waals surface area contributed by atoms with Crippen molar-refractivity contribution in [2.24, 2.45) is 7.05 Å². The summed E-state index contributed by atoms with van der Waals surface area (Å²) < 4.78 is 6.59. The van der Waals surface area contributed by atoms with Crippen molar-refractivity contribution in [3.63, 3.8) is 0 Å². The van der Waals surface area contributed by atoms with Crippen molar-refractivity contribution in [2.75, 3.05) is 11.9 Å². The quantitative estimate of drug-likeness (QED) is 0.857. The smallest absolute Gasteiger partial charge is 0.348 e. The van der Waals surface area contributed by atoms with E-state index in [4.69, 9.17) is 4.74 Å². The number of carbonyl (C=O) groups is 2. The van der Waals surface area contributed by atoms with Crippen molar-refractivity contribution >= 4 is 28.2 Å². The Kier molecular flexibility index (Phi) is 5.13. The monoisotopic (exact) mass is 349 g/mol. The van der Waals surface area contributed by atoms with Gasteiger partial charge in [0.2, 0.25) is 0 Å². The number of amides is 1. The van der Waals surface area contributed by atoms with E-state index in [2.05, 4.69) is 10.4 Å². The van der Waals surface area contributed by atoms with Crippen LogP contribution in [0.15, 0.2) is 12.1 Å². The number of ether oxygens (including phenoxy) is 1. The number of aromatic nitrogens is 2. The van der Waals surface area contributed by atoms with Crippen LogP contribution in [0, 0.1) is 6.92 Å². The van der Waals surface area contributed by atoms with Gasteiger partial charge in [0.15, 0.2) is 0 Å². The van der Waals surface area contributed by atoms with E-state index in [1.165, 1.54) is 11.3 Å². The van der Waals surface area contributed by atoms with Gasteiger partial charge in [-0.25, -0.2) is 4.79 Å². The largest absolute Gasteiger partial charge is 0.462 e. The van der Waals surface area contributed by atoms with Gasteiger partial charge in [0.25, 0.3) is 5.91 Å². The van der Waals surface area contributed by atoms with E-state index in [0.717, 1.165) is 11.3 Å². The fourth-order valence-corrected chi connectivity index (χ4v) is 3.13. The molecule has 0 aliphatic rings. The van der Waals surface area contributed by atoms with Crippen molar-refractivity contribution in [1.29, 1.82) is 0 Å². The first-order valence-electron chi connectivity index (χ1n) is 7.77. The van der Waals surface area contributed by atoms with Gasteiger partial charge in [-0.3, -0.25) is 9.48 Å². The van der Waals surface area contributed by atoms with E-state index in [-0.39, 0.29) is 17.3 Å². The van der Waals surface area contributed by atoms with Crippen molar-refractivity contribution in [2.45, 2.75) is 40.0 Å². The molecule has 0 fully saturated rings. The lowest BCUT2D eigenvalue weighted by Crippen LogP contribution is -2.15. The van der Waals surface area contributed by atoms with Crippen molar-refractivity contribution < 1.29 is 14.3 Å². The predicted molar refractivity (Wildman–Crippen MR) is 94.9 cm³/mol. The highest BCUT2D eigenvalue weighted by molar-refractivity contribution is 7.18. The number of carbonyl (C=O) groups excluding carboxylic acids is 2. The molecule has 0 saturated carbocycles. The summed E-state index contributed by atoms with van der Waals surface area (Å²) in [5.74, 6) is -0.617. The number of esters is 1. The van der Waals surface area contributed by atoms with Crippen molar-refractivity contribution in [1.82, 2.24) is 9.78 Å². The molecule has 0 aliphatic heterocycles. The average molecular weight is 349 g/mol. The van der Waals surface area contributed by atoms with Crippen molar-refractivity contribution in [3.8, 4) is 0 Å². The minimum Gasteiger partial charge on any atom is -0.462 e. The Morgan fingerprint density at radius 2 is 2.00 bits per heavy atom. The molecule has 0 saturated heterocycles. The van der Waals surface area contributed by atoms with Gasteiger partial charge in [-0.15, -0.1) is 11.3 Å². The van der Waals surface area contributed by atoms with Gasteiger partial charge >= 0.3 is 5.97 Å². The SMILES string of the molecule is CCOC(=O)c1sc(NC(=O)c2cc(C(C)(C)C)nn2C)cc1C. The summed E-state index contributed by atoms with van der Waals surface area (Å²) in [5.41, 5.74) is 1.98. The van der Waals surface area contributed by atoms with E-state index in [1.807, 2.05) is 27.7 Å². The summed E-state index contributed by atoms with van der Waals surface area (Å²) in [4.78, 5) is 24.9. The molecule has 0 radical (unpaired) electrons. The molecule has 24 heavy (non-hydrogen) atoms. The van der Waals surface area contributed by atoms with Crippen LogP contribution in [0.4, 0.5) is 5.00 Å². The highest BCUT2D eigenvalue weighted by Crippen LogP contribution is 2.28. The molecule has 1 N–H and O–H groups in total. The Morgan fingerprint density at radius 3 is 2.54 bits per heavy atom.